The third-order valence-corrected chi connectivity index (χ3v) is 5.81. The van der Waals surface area contributed by atoms with E-state index in [0.29, 0.717) is 47.6 Å². The first kappa shape index (κ1) is 25.0. The average Bonchev–Trinajstić information content (AvgIpc) is 2.83. The second-order valence-corrected chi connectivity index (χ2v) is 9.43. The Labute approximate surface area is 202 Å². The number of carbonyl (C=O) groups is 2. The number of benzene rings is 1. The number of anilines is 1. The van der Waals surface area contributed by atoms with Crippen LogP contribution in [0.3, 0.4) is 0 Å². The highest BCUT2D eigenvalue weighted by atomic mass is 16.2. The number of nitriles is 1. The molecule has 2 aromatic rings. The van der Waals surface area contributed by atoms with Gasteiger partial charge in [0, 0.05) is 25.0 Å². The third-order valence-electron chi connectivity index (χ3n) is 5.81. The molecule has 1 aliphatic heterocycles. The van der Waals surface area contributed by atoms with Crippen LogP contribution in [0.5, 0.6) is 0 Å². The van der Waals surface area contributed by atoms with Crippen LogP contribution in [0.4, 0.5) is 5.82 Å². The number of carbonyl (C=O) groups excluding carboxylic acids is 2. The van der Waals surface area contributed by atoms with Crippen LogP contribution in [0, 0.1) is 23.2 Å². The molecule has 2 atom stereocenters. The molecule has 2 unspecified atom stereocenters. The second-order valence-electron chi connectivity index (χ2n) is 9.43. The predicted molar refractivity (Wildman–Crippen MR) is 133 cm³/mol. The molecule has 7 nitrogen and oxygen atoms in total. The lowest BCUT2D eigenvalue weighted by atomic mass is 9.93. The lowest BCUT2D eigenvalue weighted by Gasteiger charge is -2.32. The van der Waals surface area contributed by atoms with Crippen molar-refractivity contribution in [1.29, 1.82) is 5.26 Å². The van der Waals surface area contributed by atoms with Gasteiger partial charge in [0.05, 0.1) is 29.4 Å². The molecule has 2 heterocycles. The van der Waals surface area contributed by atoms with Crippen LogP contribution in [0.1, 0.15) is 66.8 Å². The SMILES string of the molecule is CC(C)CC(C)CC(C)NC(=O)c1ccc(N2C=CCN(C(=O)c3ccccc3C#N)C2)nc1. The molecule has 1 aromatic carbocycles. The molecule has 1 N–H and O–H groups in total. The smallest absolute Gasteiger partial charge is 0.256 e. The second kappa shape index (κ2) is 11.5. The van der Waals surface area contributed by atoms with Crippen molar-refractivity contribution in [2.24, 2.45) is 11.8 Å². The maximum Gasteiger partial charge on any atom is 0.256 e. The summed E-state index contributed by atoms with van der Waals surface area (Å²) in [6.45, 7) is 9.43. The molecule has 178 valence electrons. The zero-order valence-electron chi connectivity index (χ0n) is 20.4. The van der Waals surface area contributed by atoms with E-state index in [0.717, 1.165) is 12.8 Å². The van der Waals surface area contributed by atoms with Crippen molar-refractivity contribution < 1.29 is 9.59 Å². The highest BCUT2D eigenvalue weighted by molar-refractivity contribution is 5.97. The summed E-state index contributed by atoms with van der Waals surface area (Å²) in [4.78, 5) is 33.6. The Balaban J connectivity index is 1.61. The van der Waals surface area contributed by atoms with E-state index in [2.05, 4.69) is 37.1 Å². The third kappa shape index (κ3) is 6.44. The number of hydrogen-bond donors (Lipinski definition) is 1. The van der Waals surface area contributed by atoms with Gasteiger partial charge in [0.15, 0.2) is 0 Å². The van der Waals surface area contributed by atoms with Crippen molar-refractivity contribution in [2.75, 3.05) is 18.1 Å². The van der Waals surface area contributed by atoms with Crippen LogP contribution in [-0.4, -0.2) is 41.0 Å². The summed E-state index contributed by atoms with van der Waals surface area (Å²) in [5.41, 5.74) is 1.25. The molecule has 0 fully saturated rings. The minimum Gasteiger partial charge on any atom is -0.350 e. The topological polar surface area (TPSA) is 89.3 Å². The largest absolute Gasteiger partial charge is 0.350 e. The summed E-state index contributed by atoms with van der Waals surface area (Å²) in [5.74, 6) is 1.49. The van der Waals surface area contributed by atoms with Gasteiger partial charge in [0.25, 0.3) is 11.8 Å². The van der Waals surface area contributed by atoms with Crippen LogP contribution in [0.25, 0.3) is 0 Å². The minimum absolute atomic E-state index is 0.0850. The van der Waals surface area contributed by atoms with Crippen LogP contribution < -0.4 is 10.2 Å². The van der Waals surface area contributed by atoms with Gasteiger partial charge < -0.3 is 15.1 Å². The number of nitrogens with zero attached hydrogens (tertiary/aromatic N) is 4. The van der Waals surface area contributed by atoms with Crippen molar-refractivity contribution in [3.05, 3.63) is 71.6 Å². The first-order chi connectivity index (χ1) is 16.3. The first-order valence-corrected chi connectivity index (χ1v) is 11.8. The van der Waals surface area contributed by atoms with Gasteiger partial charge >= 0.3 is 0 Å². The molecule has 2 amide bonds. The van der Waals surface area contributed by atoms with Gasteiger partial charge in [-0.15, -0.1) is 0 Å². The van der Waals surface area contributed by atoms with Gasteiger partial charge in [-0.05, 0) is 61.9 Å². The Morgan fingerprint density at radius 1 is 1.12 bits per heavy atom. The summed E-state index contributed by atoms with van der Waals surface area (Å²) >= 11 is 0. The molecular weight excluding hydrogens is 426 g/mol. The molecule has 0 saturated carbocycles. The predicted octanol–water partition coefficient (Wildman–Crippen LogP) is 4.58. The van der Waals surface area contributed by atoms with Gasteiger partial charge in [0.2, 0.25) is 0 Å². The van der Waals surface area contributed by atoms with E-state index >= 15 is 0 Å². The van der Waals surface area contributed by atoms with Crippen LogP contribution in [-0.2, 0) is 0 Å². The van der Waals surface area contributed by atoms with Crippen molar-refractivity contribution >= 4 is 17.6 Å². The fourth-order valence-electron chi connectivity index (χ4n) is 4.38. The number of pyridine rings is 1. The van der Waals surface area contributed by atoms with E-state index in [1.54, 1.807) is 47.5 Å². The molecule has 3 rings (SSSR count). The number of rotatable bonds is 8. The lowest BCUT2D eigenvalue weighted by molar-refractivity contribution is 0.0771. The van der Waals surface area contributed by atoms with E-state index in [1.165, 1.54) is 0 Å². The highest BCUT2D eigenvalue weighted by Crippen LogP contribution is 2.19. The number of aromatic nitrogens is 1. The average molecular weight is 460 g/mol. The normalized spacial score (nSPS) is 15.1. The molecule has 0 saturated heterocycles. The summed E-state index contributed by atoms with van der Waals surface area (Å²) in [6.07, 6.45) is 7.39. The Morgan fingerprint density at radius 3 is 2.56 bits per heavy atom. The Kier molecular flexibility index (Phi) is 8.42. The fourth-order valence-corrected chi connectivity index (χ4v) is 4.38. The quantitative estimate of drug-likeness (QED) is 0.624. The van der Waals surface area contributed by atoms with Crippen molar-refractivity contribution in [2.45, 2.75) is 46.6 Å². The molecule has 0 spiro atoms. The Hall–Kier alpha value is -3.66. The zero-order valence-corrected chi connectivity index (χ0v) is 20.4. The van der Waals surface area contributed by atoms with Crippen LogP contribution in [0.15, 0.2) is 54.9 Å². The van der Waals surface area contributed by atoms with Crippen molar-refractivity contribution in [1.82, 2.24) is 15.2 Å². The number of amides is 2. The van der Waals surface area contributed by atoms with Crippen molar-refractivity contribution in [3.8, 4) is 6.07 Å². The maximum absolute atomic E-state index is 13.0. The van der Waals surface area contributed by atoms with Gasteiger partial charge in [-0.25, -0.2) is 4.98 Å². The van der Waals surface area contributed by atoms with E-state index in [-0.39, 0.29) is 17.9 Å². The van der Waals surface area contributed by atoms with Gasteiger partial charge in [-0.2, -0.15) is 5.26 Å². The van der Waals surface area contributed by atoms with E-state index in [9.17, 15) is 14.9 Å². The minimum atomic E-state index is -0.205. The summed E-state index contributed by atoms with van der Waals surface area (Å²) in [6, 6.07) is 12.5. The van der Waals surface area contributed by atoms with Crippen molar-refractivity contribution in [3.63, 3.8) is 0 Å². The summed E-state index contributed by atoms with van der Waals surface area (Å²) in [5, 5.41) is 12.4. The number of hydrogen-bond acceptors (Lipinski definition) is 5. The number of nitrogens with one attached hydrogen (secondary N) is 1. The molecular formula is C27H33N5O2. The Bertz CT molecular complexity index is 1070. The zero-order chi connectivity index (χ0) is 24.7. The van der Waals surface area contributed by atoms with Gasteiger partial charge in [0.1, 0.15) is 5.82 Å². The van der Waals surface area contributed by atoms with E-state index in [1.807, 2.05) is 24.1 Å². The fraction of sp³-hybridized carbons (Fsp3) is 0.407. The molecule has 7 heteroatoms. The molecule has 0 aliphatic carbocycles. The van der Waals surface area contributed by atoms with E-state index in [4.69, 9.17) is 0 Å². The monoisotopic (exact) mass is 459 g/mol. The Morgan fingerprint density at radius 2 is 1.88 bits per heavy atom. The highest BCUT2D eigenvalue weighted by Gasteiger charge is 2.23. The van der Waals surface area contributed by atoms with Crippen LogP contribution in [0.2, 0.25) is 0 Å². The molecule has 0 radical (unpaired) electrons. The first-order valence-electron chi connectivity index (χ1n) is 11.8. The van der Waals surface area contributed by atoms with Gasteiger partial charge in [-0.3, -0.25) is 9.59 Å². The lowest BCUT2D eigenvalue weighted by Crippen LogP contribution is -2.43. The molecule has 0 bridgehead atoms. The standard InChI is InChI=1S/C27H33N5O2/c1-19(2)14-20(3)15-21(4)30-26(33)23-10-11-25(29-17-23)31-12-7-13-32(18-31)27(34)24-9-6-5-8-22(24)16-28/h5-12,17,19-21H,13-15,18H2,1-4H3,(H,30,33). The molecule has 34 heavy (non-hydrogen) atoms. The van der Waals surface area contributed by atoms with Crippen LogP contribution >= 0.6 is 0 Å². The molecule has 1 aliphatic rings. The maximum atomic E-state index is 13.0. The van der Waals surface area contributed by atoms with Gasteiger partial charge in [-0.1, -0.05) is 32.9 Å². The van der Waals surface area contributed by atoms with E-state index < -0.39 is 0 Å². The molecule has 1 aromatic heterocycles. The summed E-state index contributed by atoms with van der Waals surface area (Å²) in [7, 11) is 0. The summed E-state index contributed by atoms with van der Waals surface area (Å²) < 4.78 is 0.